The van der Waals surface area contributed by atoms with Crippen molar-refractivity contribution in [1.82, 2.24) is 14.7 Å². The van der Waals surface area contributed by atoms with Crippen molar-refractivity contribution >= 4 is 17.5 Å². The van der Waals surface area contributed by atoms with Gasteiger partial charge in [0.25, 0.3) is 0 Å². The van der Waals surface area contributed by atoms with Gasteiger partial charge in [0, 0.05) is 38.7 Å². The van der Waals surface area contributed by atoms with Gasteiger partial charge in [0.05, 0.1) is 11.9 Å². The lowest BCUT2D eigenvalue weighted by molar-refractivity contribution is -0.132. The molecule has 27 heavy (non-hydrogen) atoms. The van der Waals surface area contributed by atoms with E-state index in [1.165, 1.54) is 24.0 Å². The summed E-state index contributed by atoms with van der Waals surface area (Å²) in [4.78, 5) is 26.5. The zero-order chi connectivity index (χ0) is 18.6. The van der Waals surface area contributed by atoms with E-state index in [0.717, 1.165) is 31.1 Å². The van der Waals surface area contributed by atoms with E-state index in [1.54, 1.807) is 6.20 Å². The smallest absolute Gasteiger partial charge is 0.224 e. The van der Waals surface area contributed by atoms with Crippen molar-refractivity contribution in [2.45, 2.75) is 51.6 Å². The number of carbonyl (C=O) groups is 2. The SMILES string of the molecule is O=C(CCCC(=O)N1CCc2ccccc2C1)Nc1cnn(CC2CC2)c1. The minimum atomic E-state index is -0.0576. The predicted molar refractivity (Wildman–Crippen MR) is 103 cm³/mol. The predicted octanol–water partition coefficient (Wildman–Crippen LogP) is 2.99. The first-order valence-corrected chi connectivity index (χ1v) is 9.84. The second kappa shape index (κ2) is 7.94. The highest BCUT2D eigenvalue weighted by Crippen LogP contribution is 2.30. The third-order valence-electron chi connectivity index (χ3n) is 5.34. The Bertz CT molecular complexity index is 825. The van der Waals surface area contributed by atoms with Gasteiger partial charge in [-0.05, 0) is 42.7 Å². The summed E-state index contributed by atoms with van der Waals surface area (Å²) < 4.78 is 1.89. The molecule has 6 nitrogen and oxygen atoms in total. The highest BCUT2D eigenvalue weighted by molar-refractivity contribution is 5.90. The minimum absolute atomic E-state index is 0.0576. The lowest BCUT2D eigenvalue weighted by Gasteiger charge is -2.29. The Kier molecular flexibility index (Phi) is 5.23. The zero-order valence-corrected chi connectivity index (χ0v) is 15.6. The lowest BCUT2D eigenvalue weighted by atomic mass is 9.99. The van der Waals surface area contributed by atoms with Crippen molar-refractivity contribution in [3.63, 3.8) is 0 Å². The largest absolute Gasteiger partial charge is 0.338 e. The van der Waals surface area contributed by atoms with E-state index >= 15 is 0 Å². The Labute approximate surface area is 159 Å². The third kappa shape index (κ3) is 4.76. The van der Waals surface area contributed by atoms with Crippen LogP contribution < -0.4 is 5.32 Å². The number of hydrogen-bond acceptors (Lipinski definition) is 3. The second-order valence-corrected chi connectivity index (χ2v) is 7.63. The van der Waals surface area contributed by atoms with Crippen molar-refractivity contribution in [2.75, 3.05) is 11.9 Å². The fourth-order valence-corrected chi connectivity index (χ4v) is 3.58. The normalized spacial score (nSPS) is 16.1. The molecular formula is C21H26N4O2. The van der Waals surface area contributed by atoms with Gasteiger partial charge in [-0.3, -0.25) is 14.3 Å². The molecule has 1 aromatic heterocycles. The van der Waals surface area contributed by atoms with Crippen LogP contribution in [0.3, 0.4) is 0 Å². The van der Waals surface area contributed by atoms with Gasteiger partial charge in [0.15, 0.2) is 0 Å². The summed E-state index contributed by atoms with van der Waals surface area (Å²) in [6.45, 7) is 2.38. The molecule has 0 radical (unpaired) electrons. The van der Waals surface area contributed by atoms with Crippen LogP contribution in [0.1, 0.15) is 43.2 Å². The quantitative estimate of drug-likeness (QED) is 0.819. The van der Waals surface area contributed by atoms with Gasteiger partial charge in [-0.2, -0.15) is 5.10 Å². The Morgan fingerprint density at radius 3 is 2.78 bits per heavy atom. The van der Waals surface area contributed by atoms with Crippen molar-refractivity contribution in [3.05, 3.63) is 47.8 Å². The van der Waals surface area contributed by atoms with Crippen LogP contribution in [-0.2, 0) is 29.1 Å². The Morgan fingerprint density at radius 1 is 1.15 bits per heavy atom. The van der Waals surface area contributed by atoms with Crippen LogP contribution in [0, 0.1) is 5.92 Å². The molecule has 2 aliphatic rings. The fraction of sp³-hybridized carbons (Fsp3) is 0.476. The van der Waals surface area contributed by atoms with Crippen LogP contribution in [-0.4, -0.2) is 33.0 Å². The summed E-state index contributed by atoms with van der Waals surface area (Å²) in [7, 11) is 0. The minimum Gasteiger partial charge on any atom is -0.338 e. The molecule has 0 saturated heterocycles. The molecule has 4 rings (SSSR count). The van der Waals surface area contributed by atoms with Gasteiger partial charge in [0.2, 0.25) is 11.8 Å². The average Bonchev–Trinajstić information content (AvgIpc) is 3.39. The van der Waals surface area contributed by atoms with E-state index in [9.17, 15) is 9.59 Å². The van der Waals surface area contributed by atoms with Crippen molar-refractivity contribution in [2.24, 2.45) is 5.92 Å². The number of carbonyl (C=O) groups excluding carboxylic acids is 2. The molecule has 2 heterocycles. The van der Waals surface area contributed by atoms with Crippen molar-refractivity contribution in [3.8, 4) is 0 Å². The van der Waals surface area contributed by atoms with Crippen molar-refractivity contribution < 1.29 is 9.59 Å². The summed E-state index contributed by atoms with van der Waals surface area (Å²) in [6.07, 6.45) is 8.37. The summed E-state index contributed by atoms with van der Waals surface area (Å²) in [6, 6.07) is 8.29. The zero-order valence-electron chi connectivity index (χ0n) is 15.6. The van der Waals surface area contributed by atoms with Crippen LogP contribution in [0.15, 0.2) is 36.7 Å². The fourth-order valence-electron chi connectivity index (χ4n) is 3.58. The monoisotopic (exact) mass is 366 g/mol. The molecule has 1 aliphatic heterocycles. The maximum Gasteiger partial charge on any atom is 0.224 e. The number of aromatic nitrogens is 2. The molecule has 6 heteroatoms. The Hall–Kier alpha value is -2.63. The van der Waals surface area contributed by atoms with E-state index in [1.807, 2.05) is 27.9 Å². The molecular weight excluding hydrogens is 340 g/mol. The summed E-state index contributed by atoms with van der Waals surface area (Å²) >= 11 is 0. The van der Waals surface area contributed by atoms with E-state index in [4.69, 9.17) is 0 Å². The molecule has 0 spiro atoms. The van der Waals surface area contributed by atoms with Gasteiger partial charge >= 0.3 is 0 Å². The van der Waals surface area contributed by atoms with E-state index in [0.29, 0.717) is 25.8 Å². The van der Waals surface area contributed by atoms with Gasteiger partial charge in [-0.25, -0.2) is 0 Å². The topological polar surface area (TPSA) is 67.2 Å². The highest BCUT2D eigenvalue weighted by atomic mass is 16.2. The molecule has 1 saturated carbocycles. The molecule has 1 N–H and O–H groups in total. The van der Waals surface area contributed by atoms with E-state index in [-0.39, 0.29) is 11.8 Å². The van der Waals surface area contributed by atoms with Crippen LogP contribution >= 0.6 is 0 Å². The van der Waals surface area contributed by atoms with Gasteiger partial charge in [0.1, 0.15) is 0 Å². The first-order valence-electron chi connectivity index (χ1n) is 9.84. The maximum atomic E-state index is 12.4. The average molecular weight is 366 g/mol. The molecule has 1 aromatic carbocycles. The maximum absolute atomic E-state index is 12.4. The lowest BCUT2D eigenvalue weighted by Crippen LogP contribution is -2.35. The molecule has 2 amide bonds. The van der Waals surface area contributed by atoms with Crippen LogP contribution in [0.2, 0.25) is 0 Å². The molecule has 0 unspecified atom stereocenters. The number of rotatable bonds is 7. The first kappa shape index (κ1) is 17.8. The number of hydrogen-bond donors (Lipinski definition) is 1. The molecule has 0 atom stereocenters. The third-order valence-corrected chi connectivity index (χ3v) is 5.34. The van der Waals surface area contributed by atoms with Crippen LogP contribution in [0.25, 0.3) is 0 Å². The van der Waals surface area contributed by atoms with Gasteiger partial charge in [-0.1, -0.05) is 24.3 Å². The molecule has 1 fully saturated rings. The highest BCUT2D eigenvalue weighted by Gasteiger charge is 2.22. The first-order chi connectivity index (χ1) is 13.2. The number of anilines is 1. The standard InChI is InChI=1S/C21H26N4O2/c26-20(23-19-12-22-25(15-19)13-16-8-9-16)6-3-7-21(27)24-11-10-17-4-1-2-5-18(17)14-24/h1-2,4-5,12,15-16H,3,6-11,13-14H2,(H,23,26). The molecule has 2 aromatic rings. The van der Waals surface area contributed by atoms with Crippen LogP contribution in [0.4, 0.5) is 5.69 Å². The molecule has 142 valence electrons. The Morgan fingerprint density at radius 2 is 1.96 bits per heavy atom. The number of amides is 2. The number of benzene rings is 1. The summed E-state index contributed by atoms with van der Waals surface area (Å²) in [5.41, 5.74) is 3.31. The number of nitrogens with one attached hydrogen (secondary N) is 1. The van der Waals surface area contributed by atoms with Crippen LogP contribution in [0.5, 0.6) is 0 Å². The summed E-state index contributed by atoms with van der Waals surface area (Å²) in [5, 5.41) is 7.15. The van der Waals surface area contributed by atoms with Gasteiger partial charge < -0.3 is 10.2 Å². The summed E-state index contributed by atoms with van der Waals surface area (Å²) in [5.74, 6) is 0.827. The number of fused-ring (bicyclic) bond motifs is 1. The number of nitrogens with zero attached hydrogens (tertiary/aromatic N) is 3. The van der Waals surface area contributed by atoms with E-state index < -0.39 is 0 Å². The van der Waals surface area contributed by atoms with E-state index in [2.05, 4.69) is 22.5 Å². The second-order valence-electron chi connectivity index (χ2n) is 7.63. The van der Waals surface area contributed by atoms with Crippen molar-refractivity contribution in [1.29, 1.82) is 0 Å². The molecule has 1 aliphatic carbocycles. The molecule has 0 bridgehead atoms. The Balaban J connectivity index is 1.18. The van der Waals surface area contributed by atoms with Gasteiger partial charge in [-0.15, -0.1) is 0 Å².